The molecule has 0 spiro atoms. The van der Waals surface area contributed by atoms with Gasteiger partial charge in [-0.05, 0) is 49.6 Å². The SMILES string of the molecule is CCc1cc2c(Sc3ccc(C)cc3C)nc(Cl)nc2s1. The normalized spacial score (nSPS) is 11.2. The molecular weight excluding hydrogens is 320 g/mol. The van der Waals surface area contributed by atoms with Gasteiger partial charge in [-0.2, -0.15) is 0 Å². The Morgan fingerprint density at radius 1 is 1.19 bits per heavy atom. The maximum Gasteiger partial charge on any atom is 0.224 e. The maximum absolute atomic E-state index is 6.08. The van der Waals surface area contributed by atoms with E-state index < -0.39 is 0 Å². The largest absolute Gasteiger partial charge is 0.224 e. The average molecular weight is 335 g/mol. The van der Waals surface area contributed by atoms with E-state index in [0.717, 1.165) is 21.7 Å². The number of rotatable bonds is 3. The number of aromatic nitrogens is 2. The lowest BCUT2D eigenvalue weighted by Gasteiger charge is -2.07. The van der Waals surface area contributed by atoms with Crippen molar-refractivity contribution in [3.8, 4) is 0 Å². The summed E-state index contributed by atoms with van der Waals surface area (Å²) >= 11 is 9.43. The highest BCUT2D eigenvalue weighted by Gasteiger charge is 2.12. The first-order valence-corrected chi connectivity index (χ1v) is 8.79. The summed E-state index contributed by atoms with van der Waals surface area (Å²) < 4.78 is 0. The van der Waals surface area contributed by atoms with Crippen LogP contribution in [0.2, 0.25) is 5.28 Å². The van der Waals surface area contributed by atoms with E-state index in [1.807, 2.05) is 0 Å². The van der Waals surface area contributed by atoms with Crippen LogP contribution in [-0.2, 0) is 6.42 Å². The molecule has 0 unspecified atom stereocenters. The second kappa shape index (κ2) is 5.95. The van der Waals surface area contributed by atoms with Gasteiger partial charge in [-0.3, -0.25) is 0 Å². The van der Waals surface area contributed by atoms with Crippen molar-refractivity contribution in [2.24, 2.45) is 0 Å². The number of hydrogen-bond donors (Lipinski definition) is 0. The van der Waals surface area contributed by atoms with Gasteiger partial charge in [0.2, 0.25) is 5.28 Å². The molecule has 1 aromatic carbocycles. The highest BCUT2D eigenvalue weighted by atomic mass is 35.5. The van der Waals surface area contributed by atoms with Crippen LogP contribution in [0.4, 0.5) is 0 Å². The number of benzene rings is 1. The van der Waals surface area contributed by atoms with E-state index in [9.17, 15) is 0 Å². The lowest BCUT2D eigenvalue weighted by atomic mass is 10.2. The summed E-state index contributed by atoms with van der Waals surface area (Å²) in [4.78, 5) is 12.3. The topological polar surface area (TPSA) is 25.8 Å². The van der Waals surface area contributed by atoms with Gasteiger partial charge in [-0.1, -0.05) is 36.4 Å². The summed E-state index contributed by atoms with van der Waals surface area (Å²) in [7, 11) is 0. The molecule has 0 N–H and O–H groups in total. The molecule has 0 radical (unpaired) electrons. The molecule has 2 aromatic heterocycles. The van der Waals surface area contributed by atoms with Gasteiger partial charge in [0.1, 0.15) is 9.86 Å². The number of hydrogen-bond acceptors (Lipinski definition) is 4. The predicted octanol–water partition coefficient (Wildman–Crippen LogP) is 5.68. The fraction of sp³-hybridized carbons (Fsp3) is 0.250. The van der Waals surface area contributed by atoms with Crippen LogP contribution in [0.15, 0.2) is 34.2 Å². The molecule has 0 amide bonds. The van der Waals surface area contributed by atoms with Gasteiger partial charge in [-0.15, -0.1) is 11.3 Å². The molecule has 0 aliphatic heterocycles. The van der Waals surface area contributed by atoms with E-state index in [0.29, 0.717) is 5.28 Å². The van der Waals surface area contributed by atoms with E-state index in [4.69, 9.17) is 11.6 Å². The number of halogens is 1. The molecule has 0 saturated carbocycles. The predicted molar refractivity (Wildman–Crippen MR) is 91.8 cm³/mol. The van der Waals surface area contributed by atoms with Crippen molar-refractivity contribution >= 4 is 44.9 Å². The van der Waals surface area contributed by atoms with Crippen molar-refractivity contribution in [3.05, 3.63) is 45.6 Å². The first-order chi connectivity index (χ1) is 10.1. The van der Waals surface area contributed by atoms with Gasteiger partial charge in [0, 0.05) is 15.2 Å². The van der Waals surface area contributed by atoms with Gasteiger partial charge in [0.15, 0.2) is 0 Å². The molecule has 108 valence electrons. The lowest BCUT2D eigenvalue weighted by molar-refractivity contribution is 1.10. The quantitative estimate of drug-likeness (QED) is 0.455. The average Bonchev–Trinajstić information content (AvgIpc) is 2.85. The summed E-state index contributed by atoms with van der Waals surface area (Å²) in [6.45, 7) is 6.38. The monoisotopic (exact) mass is 334 g/mol. The van der Waals surface area contributed by atoms with Crippen LogP contribution in [0.1, 0.15) is 22.9 Å². The fourth-order valence-corrected chi connectivity index (χ4v) is 4.45. The maximum atomic E-state index is 6.08. The number of aryl methyl sites for hydroxylation is 3. The molecule has 21 heavy (non-hydrogen) atoms. The van der Waals surface area contributed by atoms with Crippen molar-refractivity contribution in [2.45, 2.75) is 37.1 Å². The minimum absolute atomic E-state index is 0.319. The van der Waals surface area contributed by atoms with Gasteiger partial charge in [0.05, 0.1) is 0 Å². The van der Waals surface area contributed by atoms with Gasteiger partial charge in [0.25, 0.3) is 0 Å². The summed E-state index contributed by atoms with van der Waals surface area (Å²) in [6, 6.07) is 8.64. The van der Waals surface area contributed by atoms with E-state index >= 15 is 0 Å². The molecule has 3 aromatic rings. The van der Waals surface area contributed by atoms with Crippen LogP contribution in [0.3, 0.4) is 0 Å². The molecule has 0 saturated heterocycles. The van der Waals surface area contributed by atoms with Gasteiger partial charge < -0.3 is 0 Å². The standard InChI is InChI=1S/C16H15ClN2S2/c1-4-11-8-12-14(20-11)18-16(17)19-15(12)21-13-6-5-9(2)7-10(13)3/h5-8H,4H2,1-3H3. The van der Waals surface area contributed by atoms with E-state index in [1.54, 1.807) is 23.1 Å². The summed E-state index contributed by atoms with van der Waals surface area (Å²) in [5.41, 5.74) is 2.53. The molecule has 3 rings (SSSR count). The Kier molecular flexibility index (Phi) is 4.20. The third-order valence-electron chi connectivity index (χ3n) is 3.27. The molecule has 2 nitrogen and oxygen atoms in total. The Labute approximate surface area is 137 Å². The molecule has 0 aliphatic rings. The molecule has 2 heterocycles. The third-order valence-corrected chi connectivity index (χ3v) is 5.79. The number of fused-ring (bicyclic) bond motifs is 1. The van der Waals surface area contributed by atoms with Crippen molar-refractivity contribution in [1.82, 2.24) is 9.97 Å². The van der Waals surface area contributed by atoms with Crippen molar-refractivity contribution in [2.75, 3.05) is 0 Å². The van der Waals surface area contributed by atoms with Crippen LogP contribution in [-0.4, -0.2) is 9.97 Å². The molecular formula is C16H15ClN2S2. The molecule has 5 heteroatoms. The first kappa shape index (κ1) is 14.8. The van der Waals surface area contributed by atoms with Gasteiger partial charge in [-0.25, -0.2) is 9.97 Å². The Morgan fingerprint density at radius 2 is 2.00 bits per heavy atom. The third kappa shape index (κ3) is 3.07. The fourth-order valence-electron chi connectivity index (χ4n) is 2.19. The van der Waals surface area contributed by atoms with E-state index in [-0.39, 0.29) is 0 Å². The van der Waals surface area contributed by atoms with Crippen molar-refractivity contribution < 1.29 is 0 Å². The Hall–Kier alpha value is -1.10. The summed E-state index contributed by atoms with van der Waals surface area (Å²) in [6.07, 6.45) is 1.01. The lowest BCUT2D eigenvalue weighted by Crippen LogP contribution is -1.88. The molecule has 0 aliphatic carbocycles. The Morgan fingerprint density at radius 3 is 2.71 bits per heavy atom. The summed E-state index contributed by atoms with van der Waals surface area (Å²) in [5, 5.41) is 2.36. The van der Waals surface area contributed by atoms with Crippen LogP contribution in [0.25, 0.3) is 10.2 Å². The second-order valence-electron chi connectivity index (χ2n) is 4.95. The van der Waals surface area contributed by atoms with Crippen LogP contribution in [0.5, 0.6) is 0 Å². The minimum Gasteiger partial charge on any atom is -0.210 e. The van der Waals surface area contributed by atoms with Crippen LogP contribution >= 0.6 is 34.7 Å². The Balaban J connectivity index is 2.08. The zero-order chi connectivity index (χ0) is 15.0. The second-order valence-corrected chi connectivity index (χ2v) is 7.44. The molecule has 0 atom stereocenters. The number of thiophene rings is 1. The smallest absolute Gasteiger partial charge is 0.210 e. The van der Waals surface area contributed by atoms with E-state index in [1.165, 1.54) is 20.9 Å². The zero-order valence-corrected chi connectivity index (χ0v) is 14.5. The van der Waals surface area contributed by atoms with Crippen molar-refractivity contribution in [1.29, 1.82) is 0 Å². The minimum atomic E-state index is 0.319. The first-order valence-electron chi connectivity index (χ1n) is 6.78. The number of nitrogens with zero attached hydrogens (tertiary/aromatic N) is 2. The van der Waals surface area contributed by atoms with Crippen molar-refractivity contribution in [3.63, 3.8) is 0 Å². The van der Waals surface area contributed by atoms with Crippen LogP contribution in [0, 0.1) is 13.8 Å². The zero-order valence-electron chi connectivity index (χ0n) is 12.1. The van der Waals surface area contributed by atoms with Gasteiger partial charge >= 0.3 is 0 Å². The highest BCUT2D eigenvalue weighted by molar-refractivity contribution is 7.99. The highest BCUT2D eigenvalue weighted by Crippen LogP contribution is 2.37. The van der Waals surface area contributed by atoms with Crippen LogP contribution < -0.4 is 0 Å². The molecule has 0 fully saturated rings. The molecule has 0 bridgehead atoms. The summed E-state index contributed by atoms with van der Waals surface area (Å²) in [5.74, 6) is 0. The van der Waals surface area contributed by atoms with E-state index in [2.05, 4.69) is 55.0 Å². The Bertz CT molecular complexity index is 811.